The van der Waals surface area contributed by atoms with Gasteiger partial charge in [-0.15, -0.1) is 0 Å². The molecule has 1 amide bonds. The van der Waals surface area contributed by atoms with Crippen LogP contribution in [0.2, 0.25) is 0 Å². The lowest BCUT2D eigenvalue weighted by Crippen LogP contribution is -2.44. The maximum Gasteiger partial charge on any atom is 0.321 e. The van der Waals surface area contributed by atoms with E-state index < -0.39 is 5.41 Å². The van der Waals surface area contributed by atoms with Crippen LogP contribution in [0, 0.1) is 0 Å². The summed E-state index contributed by atoms with van der Waals surface area (Å²) in [5, 5.41) is 3.06. The van der Waals surface area contributed by atoms with Gasteiger partial charge in [0.15, 0.2) is 0 Å². The van der Waals surface area contributed by atoms with E-state index in [2.05, 4.69) is 31.2 Å². The van der Waals surface area contributed by atoms with Crippen molar-refractivity contribution in [1.82, 2.24) is 9.97 Å². The predicted octanol–water partition coefficient (Wildman–Crippen LogP) is 4.72. The van der Waals surface area contributed by atoms with Gasteiger partial charge in [0.25, 0.3) is 0 Å². The molecule has 1 aliphatic rings. The summed E-state index contributed by atoms with van der Waals surface area (Å²) < 4.78 is 12.1. The van der Waals surface area contributed by atoms with Crippen LogP contribution in [-0.2, 0) is 14.9 Å². The molecule has 1 aromatic heterocycles. The molecule has 29 heavy (non-hydrogen) atoms. The van der Waals surface area contributed by atoms with Crippen LogP contribution in [0.1, 0.15) is 18.4 Å². The Labute approximate surface area is 177 Å². The Hall–Kier alpha value is -2.77. The first-order chi connectivity index (χ1) is 14.2. The van der Waals surface area contributed by atoms with Gasteiger partial charge < -0.3 is 14.8 Å². The fourth-order valence-electron chi connectivity index (χ4n) is 3.44. The van der Waals surface area contributed by atoms with Crippen molar-refractivity contribution in [3.63, 3.8) is 0 Å². The van der Waals surface area contributed by atoms with Crippen molar-refractivity contribution in [1.29, 1.82) is 0 Å². The highest BCUT2D eigenvalue weighted by Gasteiger charge is 2.41. The zero-order valence-electron chi connectivity index (χ0n) is 15.7. The second-order valence-corrected chi connectivity index (χ2v) is 7.73. The fraction of sp³-hybridized carbons (Fsp3) is 0.227. The summed E-state index contributed by atoms with van der Waals surface area (Å²) in [6.45, 7) is 1.13. The SMILES string of the molecule is O=C(Nc1ccc(Oc2ncccn2)cc1)C1(c2ccc(Br)cc2)CCOCC1. The summed E-state index contributed by atoms with van der Waals surface area (Å²) in [4.78, 5) is 21.4. The van der Waals surface area contributed by atoms with E-state index in [0.29, 0.717) is 37.5 Å². The molecule has 1 fully saturated rings. The molecule has 2 heterocycles. The van der Waals surface area contributed by atoms with Crippen LogP contribution in [0.15, 0.2) is 71.5 Å². The molecular weight excluding hydrogens is 434 g/mol. The fourth-order valence-corrected chi connectivity index (χ4v) is 3.70. The number of halogens is 1. The first-order valence-electron chi connectivity index (χ1n) is 9.36. The number of hydrogen-bond acceptors (Lipinski definition) is 5. The summed E-state index contributed by atoms with van der Waals surface area (Å²) in [5.41, 5.74) is 1.11. The highest BCUT2D eigenvalue weighted by Crippen LogP contribution is 2.37. The lowest BCUT2D eigenvalue weighted by molar-refractivity contribution is -0.125. The summed E-state index contributed by atoms with van der Waals surface area (Å²) in [6, 6.07) is 17.1. The molecule has 0 aliphatic carbocycles. The van der Waals surface area contributed by atoms with E-state index in [1.54, 1.807) is 30.6 Å². The molecule has 1 N–H and O–H groups in total. The van der Waals surface area contributed by atoms with Gasteiger partial charge in [-0.25, -0.2) is 9.97 Å². The van der Waals surface area contributed by atoms with Crippen molar-refractivity contribution in [3.8, 4) is 11.8 Å². The van der Waals surface area contributed by atoms with Crippen molar-refractivity contribution in [3.05, 3.63) is 77.0 Å². The van der Waals surface area contributed by atoms with Crippen LogP contribution in [-0.4, -0.2) is 29.1 Å². The number of aromatic nitrogens is 2. The number of carbonyl (C=O) groups excluding carboxylic acids is 1. The molecule has 6 nitrogen and oxygen atoms in total. The van der Waals surface area contributed by atoms with Crippen LogP contribution in [0.4, 0.5) is 5.69 Å². The van der Waals surface area contributed by atoms with E-state index in [0.717, 1.165) is 10.0 Å². The Morgan fingerprint density at radius 1 is 1.00 bits per heavy atom. The van der Waals surface area contributed by atoms with E-state index in [1.807, 2.05) is 36.4 Å². The van der Waals surface area contributed by atoms with Crippen LogP contribution in [0.3, 0.4) is 0 Å². The van der Waals surface area contributed by atoms with Gasteiger partial charge in [-0.1, -0.05) is 28.1 Å². The molecule has 1 aliphatic heterocycles. The molecule has 148 valence electrons. The number of nitrogens with one attached hydrogen (secondary N) is 1. The molecule has 3 aromatic rings. The minimum Gasteiger partial charge on any atom is -0.424 e. The normalized spacial score (nSPS) is 15.5. The van der Waals surface area contributed by atoms with Gasteiger partial charge in [-0.3, -0.25) is 4.79 Å². The molecule has 7 heteroatoms. The second kappa shape index (κ2) is 8.71. The smallest absolute Gasteiger partial charge is 0.321 e. The Kier molecular flexibility index (Phi) is 5.87. The molecule has 0 bridgehead atoms. The average Bonchev–Trinajstić information content (AvgIpc) is 2.77. The van der Waals surface area contributed by atoms with Gasteiger partial charge in [0.05, 0.1) is 5.41 Å². The molecule has 0 saturated carbocycles. The molecule has 0 atom stereocenters. The quantitative estimate of drug-likeness (QED) is 0.604. The number of anilines is 1. The van der Waals surface area contributed by atoms with E-state index in [4.69, 9.17) is 9.47 Å². The summed E-state index contributed by atoms with van der Waals surface area (Å²) >= 11 is 3.46. The zero-order valence-corrected chi connectivity index (χ0v) is 17.3. The van der Waals surface area contributed by atoms with Crippen LogP contribution < -0.4 is 10.1 Å². The maximum absolute atomic E-state index is 13.3. The Morgan fingerprint density at radius 2 is 1.66 bits per heavy atom. The largest absolute Gasteiger partial charge is 0.424 e. The third-order valence-electron chi connectivity index (χ3n) is 5.04. The number of ether oxygens (including phenoxy) is 2. The summed E-state index contributed by atoms with van der Waals surface area (Å²) in [5.74, 6) is 0.575. The third-order valence-corrected chi connectivity index (χ3v) is 5.57. The highest BCUT2D eigenvalue weighted by atomic mass is 79.9. The van der Waals surface area contributed by atoms with Gasteiger partial charge in [0.2, 0.25) is 5.91 Å². The van der Waals surface area contributed by atoms with E-state index in [9.17, 15) is 4.79 Å². The molecule has 0 radical (unpaired) electrons. The predicted molar refractivity (Wildman–Crippen MR) is 113 cm³/mol. The zero-order chi connectivity index (χ0) is 20.1. The van der Waals surface area contributed by atoms with E-state index >= 15 is 0 Å². The van der Waals surface area contributed by atoms with Crippen molar-refractivity contribution < 1.29 is 14.3 Å². The molecule has 0 unspecified atom stereocenters. The number of benzene rings is 2. The second-order valence-electron chi connectivity index (χ2n) is 6.81. The van der Waals surface area contributed by atoms with Crippen molar-refractivity contribution >= 4 is 27.5 Å². The van der Waals surface area contributed by atoms with E-state index in [1.165, 1.54) is 0 Å². The number of nitrogens with zero attached hydrogens (tertiary/aromatic N) is 2. The summed E-state index contributed by atoms with van der Waals surface area (Å²) in [6.07, 6.45) is 4.53. The monoisotopic (exact) mass is 453 g/mol. The lowest BCUT2D eigenvalue weighted by Gasteiger charge is -2.36. The highest BCUT2D eigenvalue weighted by molar-refractivity contribution is 9.10. The van der Waals surface area contributed by atoms with Crippen LogP contribution in [0.5, 0.6) is 11.8 Å². The van der Waals surface area contributed by atoms with E-state index in [-0.39, 0.29) is 11.9 Å². The van der Waals surface area contributed by atoms with Crippen LogP contribution >= 0.6 is 15.9 Å². The van der Waals surface area contributed by atoms with Crippen LogP contribution in [0.25, 0.3) is 0 Å². The van der Waals surface area contributed by atoms with Gasteiger partial charge in [0, 0.05) is 35.8 Å². The van der Waals surface area contributed by atoms with Gasteiger partial charge in [-0.05, 0) is 60.9 Å². The topological polar surface area (TPSA) is 73.3 Å². The number of carbonyl (C=O) groups is 1. The molecule has 2 aromatic carbocycles. The molecule has 4 rings (SSSR count). The maximum atomic E-state index is 13.3. The molecule has 1 saturated heterocycles. The third kappa shape index (κ3) is 4.46. The lowest BCUT2D eigenvalue weighted by atomic mass is 9.73. The van der Waals surface area contributed by atoms with Gasteiger partial charge >= 0.3 is 6.01 Å². The Morgan fingerprint density at radius 3 is 2.31 bits per heavy atom. The Balaban J connectivity index is 1.51. The molecule has 0 spiro atoms. The van der Waals surface area contributed by atoms with Gasteiger partial charge in [-0.2, -0.15) is 0 Å². The minimum absolute atomic E-state index is 0.0248. The minimum atomic E-state index is -0.605. The average molecular weight is 454 g/mol. The first-order valence-corrected chi connectivity index (χ1v) is 10.2. The van der Waals surface area contributed by atoms with Crippen molar-refractivity contribution in [2.75, 3.05) is 18.5 Å². The summed E-state index contributed by atoms with van der Waals surface area (Å²) in [7, 11) is 0. The number of rotatable bonds is 5. The number of hydrogen-bond donors (Lipinski definition) is 1. The Bertz CT molecular complexity index is 957. The first kappa shape index (κ1) is 19.5. The van der Waals surface area contributed by atoms with Crippen molar-refractivity contribution in [2.45, 2.75) is 18.3 Å². The molecular formula is C22H20BrN3O3. The number of amides is 1. The van der Waals surface area contributed by atoms with Gasteiger partial charge in [0.1, 0.15) is 5.75 Å². The standard InChI is InChI=1S/C22H20BrN3O3/c23-17-4-2-16(3-5-17)22(10-14-28-15-11-22)20(27)26-18-6-8-19(9-7-18)29-21-24-12-1-13-25-21/h1-9,12-13H,10-11,14-15H2,(H,26,27). The van der Waals surface area contributed by atoms with Crippen molar-refractivity contribution in [2.24, 2.45) is 0 Å².